The largest absolute Gasteiger partial charge is 0.351 e. The van der Waals surface area contributed by atoms with Gasteiger partial charge in [-0.05, 0) is 43.5 Å². The summed E-state index contributed by atoms with van der Waals surface area (Å²) < 4.78 is 1.95. The van der Waals surface area contributed by atoms with Crippen molar-refractivity contribution >= 4 is 23.4 Å². The van der Waals surface area contributed by atoms with Crippen molar-refractivity contribution in [3.8, 4) is 5.69 Å². The van der Waals surface area contributed by atoms with Crippen LogP contribution in [0.1, 0.15) is 22.5 Å². The number of benzene rings is 2. The topological polar surface area (TPSA) is 103 Å². The van der Waals surface area contributed by atoms with Crippen LogP contribution < -0.4 is 5.32 Å². The van der Waals surface area contributed by atoms with E-state index in [4.69, 9.17) is 0 Å². The molecule has 1 heterocycles. The molecule has 1 aromatic heterocycles. The molecule has 0 saturated heterocycles. The van der Waals surface area contributed by atoms with E-state index in [1.165, 1.54) is 23.9 Å². The molecule has 0 aliphatic rings. The van der Waals surface area contributed by atoms with Crippen molar-refractivity contribution in [2.24, 2.45) is 0 Å². The third kappa shape index (κ3) is 5.00. The minimum Gasteiger partial charge on any atom is -0.351 e. The van der Waals surface area contributed by atoms with Crippen LogP contribution in [-0.4, -0.2) is 31.3 Å². The number of aromatic nitrogens is 3. The summed E-state index contributed by atoms with van der Waals surface area (Å²) in [6.45, 7) is 6.24. The zero-order valence-corrected chi connectivity index (χ0v) is 17.2. The van der Waals surface area contributed by atoms with Gasteiger partial charge in [0.25, 0.3) is 5.69 Å². The van der Waals surface area contributed by atoms with Gasteiger partial charge in [-0.15, -0.1) is 10.2 Å². The highest BCUT2D eigenvalue weighted by Crippen LogP contribution is 2.24. The van der Waals surface area contributed by atoms with E-state index in [0.29, 0.717) is 11.7 Å². The fraction of sp³-hybridized carbons (Fsp3) is 0.250. The Bertz CT molecular complexity index is 1050. The first-order valence-corrected chi connectivity index (χ1v) is 9.96. The first-order valence-electron chi connectivity index (χ1n) is 8.97. The number of rotatable bonds is 7. The summed E-state index contributed by atoms with van der Waals surface area (Å²) in [6, 6.07) is 12.3. The van der Waals surface area contributed by atoms with Crippen molar-refractivity contribution < 1.29 is 9.72 Å². The molecule has 150 valence electrons. The summed E-state index contributed by atoms with van der Waals surface area (Å²) in [5.74, 6) is 0.796. The lowest BCUT2D eigenvalue weighted by Crippen LogP contribution is -2.24. The minimum absolute atomic E-state index is 0.0248. The minimum atomic E-state index is -0.451. The molecular formula is C20H21N5O3S. The van der Waals surface area contributed by atoms with Crippen molar-refractivity contribution in [3.63, 3.8) is 0 Å². The Morgan fingerprint density at radius 1 is 1.14 bits per heavy atom. The number of carbonyl (C=O) groups excluding carboxylic acids is 1. The zero-order chi connectivity index (χ0) is 21.0. The summed E-state index contributed by atoms with van der Waals surface area (Å²) in [7, 11) is 0. The molecular weight excluding hydrogens is 390 g/mol. The molecule has 3 aromatic rings. The molecule has 0 unspecified atom stereocenters. The molecule has 0 atom stereocenters. The van der Waals surface area contributed by atoms with Crippen LogP contribution in [0.2, 0.25) is 0 Å². The van der Waals surface area contributed by atoms with Gasteiger partial charge in [-0.2, -0.15) is 0 Å². The molecule has 8 nitrogen and oxygen atoms in total. The van der Waals surface area contributed by atoms with Crippen LogP contribution in [-0.2, 0) is 11.3 Å². The predicted octanol–water partition coefficient (Wildman–Crippen LogP) is 3.51. The van der Waals surface area contributed by atoms with E-state index in [0.717, 1.165) is 28.2 Å². The second kappa shape index (κ2) is 8.87. The predicted molar refractivity (Wildman–Crippen MR) is 111 cm³/mol. The van der Waals surface area contributed by atoms with Gasteiger partial charge in [0.15, 0.2) is 5.16 Å². The number of amides is 1. The third-order valence-electron chi connectivity index (χ3n) is 4.37. The average molecular weight is 411 g/mol. The Morgan fingerprint density at radius 3 is 2.55 bits per heavy atom. The number of hydrogen-bond donors (Lipinski definition) is 1. The number of nitrogens with zero attached hydrogens (tertiary/aromatic N) is 4. The second-order valence-electron chi connectivity index (χ2n) is 6.64. The van der Waals surface area contributed by atoms with Gasteiger partial charge in [-0.1, -0.05) is 36.0 Å². The molecule has 0 fully saturated rings. The lowest BCUT2D eigenvalue weighted by Gasteiger charge is -2.12. The number of nitro groups is 1. The summed E-state index contributed by atoms with van der Waals surface area (Å²) in [5.41, 5.74) is 4.06. The molecule has 2 aromatic carbocycles. The van der Waals surface area contributed by atoms with Gasteiger partial charge in [-0.3, -0.25) is 19.5 Å². The van der Waals surface area contributed by atoms with Crippen molar-refractivity contribution in [3.05, 3.63) is 75.1 Å². The number of aryl methyl sites for hydroxylation is 3. The molecule has 0 saturated carbocycles. The normalized spacial score (nSPS) is 10.7. The summed E-state index contributed by atoms with van der Waals surface area (Å²) in [4.78, 5) is 22.5. The first kappa shape index (κ1) is 20.5. The fourth-order valence-corrected chi connectivity index (χ4v) is 3.61. The van der Waals surface area contributed by atoms with Crippen LogP contribution in [0.4, 0.5) is 5.69 Å². The number of carbonyl (C=O) groups is 1. The van der Waals surface area contributed by atoms with Crippen molar-refractivity contribution in [2.75, 3.05) is 5.75 Å². The Labute approximate surface area is 172 Å². The monoisotopic (exact) mass is 411 g/mol. The summed E-state index contributed by atoms with van der Waals surface area (Å²) in [6.07, 6.45) is 0. The molecule has 0 spiro atoms. The highest BCUT2D eigenvalue weighted by molar-refractivity contribution is 7.99. The molecule has 0 aliphatic heterocycles. The first-order chi connectivity index (χ1) is 13.8. The lowest BCUT2D eigenvalue weighted by molar-refractivity contribution is -0.384. The number of hydrogen-bond acceptors (Lipinski definition) is 6. The SMILES string of the molecule is Cc1ccc(C)c(-n2c(C)nnc2SCC(=O)NCc2ccc([N+](=O)[O-])cc2)c1. The van der Waals surface area contributed by atoms with Gasteiger partial charge in [0, 0.05) is 18.7 Å². The molecule has 1 N–H and O–H groups in total. The van der Waals surface area contributed by atoms with Crippen LogP contribution in [0.25, 0.3) is 5.69 Å². The number of nitro benzene ring substituents is 1. The zero-order valence-electron chi connectivity index (χ0n) is 16.4. The summed E-state index contributed by atoms with van der Waals surface area (Å²) >= 11 is 1.31. The maximum atomic E-state index is 12.2. The molecule has 0 bridgehead atoms. The van der Waals surface area contributed by atoms with E-state index < -0.39 is 4.92 Å². The smallest absolute Gasteiger partial charge is 0.269 e. The molecule has 0 aliphatic carbocycles. The molecule has 29 heavy (non-hydrogen) atoms. The second-order valence-corrected chi connectivity index (χ2v) is 7.59. The molecule has 3 rings (SSSR count). The average Bonchev–Trinajstić information content (AvgIpc) is 3.07. The maximum Gasteiger partial charge on any atom is 0.269 e. The number of nitrogens with one attached hydrogen (secondary N) is 1. The van der Waals surface area contributed by atoms with Crippen LogP contribution in [0, 0.1) is 30.9 Å². The van der Waals surface area contributed by atoms with Crippen LogP contribution >= 0.6 is 11.8 Å². The van der Waals surface area contributed by atoms with E-state index in [1.807, 2.05) is 25.3 Å². The molecule has 9 heteroatoms. The van der Waals surface area contributed by atoms with Gasteiger partial charge in [0.2, 0.25) is 5.91 Å². The van der Waals surface area contributed by atoms with Gasteiger partial charge < -0.3 is 5.32 Å². The van der Waals surface area contributed by atoms with E-state index >= 15 is 0 Å². The van der Waals surface area contributed by atoms with Crippen molar-refractivity contribution in [2.45, 2.75) is 32.5 Å². The summed E-state index contributed by atoms with van der Waals surface area (Å²) in [5, 5.41) is 22.5. The Morgan fingerprint density at radius 2 is 1.86 bits per heavy atom. The number of thioether (sulfide) groups is 1. The maximum absolute atomic E-state index is 12.2. The number of non-ortho nitro benzene ring substituents is 1. The van der Waals surface area contributed by atoms with E-state index in [-0.39, 0.29) is 17.3 Å². The molecule has 0 radical (unpaired) electrons. The van der Waals surface area contributed by atoms with Crippen LogP contribution in [0.5, 0.6) is 0 Å². The van der Waals surface area contributed by atoms with Crippen LogP contribution in [0.15, 0.2) is 47.6 Å². The van der Waals surface area contributed by atoms with Crippen LogP contribution in [0.3, 0.4) is 0 Å². The standard InChI is InChI=1S/C20H21N5O3S/c1-13-4-5-14(2)18(10-13)24-15(3)22-23-20(24)29-12-19(26)21-11-16-6-8-17(9-7-16)25(27)28/h4-10H,11-12H2,1-3H3,(H,21,26). The Kier molecular flexibility index (Phi) is 6.28. The van der Waals surface area contributed by atoms with Gasteiger partial charge in [0.05, 0.1) is 16.4 Å². The fourth-order valence-electron chi connectivity index (χ4n) is 2.79. The highest BCUT2D eigenvalue weighted by Gasteiger charge is 2.15. The Hall–Kier alpha value is -3.20. The van der Waals surface area contributed by atoms with E-state index in [1.54, 1.807) is 12.1 Å². The van der Waals surface area contributed by atoms with Gasteiger partial charge in [0.1, 0.15) is 5.82 Å². The van der Waals surface area contributed by atoms with Crippen molar-refractivity contribution in [1.29, 1.82) is 0 Å². The van der Waals surface area contributed by atoms with Crippen molar-refractivity contribution in [1.82, 2.24) is 20.1 Å². The van der Waals surface area contributed by atoms with E-state index in [9.17, 15) is 14.9 Å². The van der Waals surface area contributed by atoms with E-state index in [2.05, 4.69) is 33.7 Å². The quantitative estimate of drug-likeness (QED) is 0.363. The molecule has 1 amide bonds. The Balaban J connectivity index is 1.62. The van der Waals surface area contributed by atoms with Gasteiger partial charge in [-0.25, -0.2) is 0 Å². The third-order valence-corrected chi connectivity index (χ3v) is 5.30. The highest BCUT2D eigenvalue weighted by atomic mass is 32.2. The van der Waals surface area contributed by atoms with Gasteiger partial charge >= 0.3 is 0 Å². The lowest BCUT2D eigenvalue weighted by atomic mass is 10.1.